The molecule has 0 aromatic heterocycles. The second-order valence-electron chi connectivity index (χ2n) is 4.71. The van der Waals surface area contributed by atoms with Crippen LogP contribution >= 0.6 is 11.6 Å². The summed E-state index contributed by atoms with van der Waals surface area (Å²) in [5, 5.41) is 0.609. The molecule has 2 rings (SSSR count). The summed E-state index contributed by atoms with van der Waals surface area (Å²) in [4.78, 5) is 38.0. The summed E-state index contributed by atoms with van der Waals surface area (Å²) in [5.74, 6) is -0.947. The zero-order valence-corrected chi connectivity index (χ0v) is 12.2. The molecule has 21 heavy (non-hydrogen) atoms. The monoisotopic (exact) mass is 306 g/mol. The number of halogens is 1. The molecular formula is C15H15ClN2O3. The zero-order valence-electron chi connectivity index (χ0n) is 11.4. The molecule has 110 valence electrons. The Morgan fingerprint density at radius 1 is 1.24 bits per heavy atom. The number of hydrogen-bond donors (Lipinski definition) is 0. The minimum atomic E-state index is -0.426. The van der Waals surface area contributed by atoms with Crippen molar-refractivity contribution in [1.82, 2.24) is 9.80 Å². The van der Waals surface area contributed by atoms with Crippen LogP contribution in [0.25, 0.3) is 0 Å². The lowest BCUT2D eigenvalue weighted by Crippen LogP contribution is -2.54. The molecule has 0 radical (unpaired) electrons. The smallest absolute Gasteiger partial charge is 0.252 e. The van der Waals surface area contributed by atoms with Crippen LogP contribution in [0.15, 0.2) is 36.9 Å². The van der Waals surface area contributed by atoms with Crippen LogP contribution in [0.1, 0.15) is 5.56 Å². The molecule has 0 aliphatic carbocycles. The van der Waals surface area contributed by atoms with Crippen LogP contribution in [0, 0.1) is 0 Å². The van der Waals surface area contributed by atoms with Gasteiger partial charge in [-0.25, -0.2) is 0 Å². The number of piperazine rings is 1. The summed E-state index contributed by atoms with van der Waals surface area (Å²) in [5.41, 5.74) is 0.835. The van der Waals surface area contributed by atoms with E-state index in [9.17, 15) is 14.4 Å². The molecule has 3 amide bonds. The van der Waals surface area contributed by atoms with Crippen molar-refractivity contribution in [2.24, 2.45) is 0 Å². The zero-order chi connectivity index (χ0) is 15.4. The maximum atomic E-state index is 12.2. The second kappa shape index (κ2) is 6.54. The molecule has 0 saturated carbocycles. The first-order chi connectivity index (χ1) is 10.0. The lowest BCUT2D eigenvalue weighted by Gasteiger charge is -2.32. The first kappa shape index (κ1) is 15.3. The fraction of sp³-hybridized carbons (Fsp3) is 0.267. The molecule has 0 spiro atoms. The topological polar surface area (TPSA) is 57.7 Å². The molecule has 1 fully saturated rings. The highest BCUT2D eigenvalue weighted by Crippen LogP contribution is 2.12. The Kier molecular flexibility index (Phi) is 4.75. The number of benzene rings is 1. The van der Waals surface area contributed by atoms with E-state index in [1.54, 1.807) is 24.3 Å². The van der Waals surface area contributed by atoms with Crippen molar-refractivity contribution in [2.75, 3.05) is 19.6 Å². The summed E-state index contributed by atoms with van der Waals surface area (Å²) in [7, 11) is 0. The molecule has 1 heterocycles. The molecule has 6 heteroatoms. The van der Waals surface area contributed by atoms with E-state index < -0.39 is 5.91 Å². The number of hydrogen-bond acceptors (Lipinski definition) is 3. The highest BCUT2D eigenvalue weighted by atomic mass is 35.5. The standard InChI is InChI=1S/C15H15ClN2O3/c1-2-13(19)18-8-7-17(10-15(18)21)14(20)9-11-3-5-12(16)6-4-11/h2-6H,1,7-10H2. The average molecular weight is 307 g/mol. The number of carbonyl (C=O) groups excluding carboxylic acids is 3. The third-order valence-corrected chi connectivity index (χ3v) is 3.53. The largest absolute Gasteiger partial charge is 0.331 e. The maximum absolute atomic E-state index is 12.2. The van der Waals surface area contributed by atoms with Gasteiger partial charge in [-0.1, -0.05) is 30.3 Å². The van der Waals surface area contributed by atoms with Gasteiger partial charge in [0.2, 0.25) is 11.8 Å². The van der Waals surface area contributed by atoms with Crippen molar-refractivity contribution in [1.29, 1.82) is 0 Å². The SMILES string of the molecule is C=CC(=O)N1CCN(C(=O)Cc2ccc(Cl)cc2)CC1=O. The Morgan fingerprint density at radius 2 is 1.90 bits per heavy atom. The number of imide groups is 1. The normalized spacial score (nSPS) is 15.0. The third kappa shape index (κ3) is 3.70. The van der Waals surface area contributed by atoms with Crippen molar-refractivity contribution in [3.63, 3.8) is 0 Å². The summed E-state index contributed by atoms with van der Waals surface area (Å²) in [6, 6.07) is 6.99. The van der Waals surface area contributed by atoms with Crippen molar-refractivity contribution in [2.45, 2.75) is 6.42 Å². The number of amides is 3. The van der Waals surface area contributed by atoms with E-state index in [-0.39, 0.29) is 31.3 Å². The van der Waals surface area contributed by atoms with Crippen LogP contribution in [-0.4, -0.2) is 47.2 Å². The Labute approximate surface area is 127 Å². The van der Waals surface area contributed by atoms with Gasteiger partial charge in [-0.3, -0.25) is 19.3 Å². The Balaban J connectivity index is 1.96. The van der Waals surface area contributed by atoms with Gasteiger partial charge in [0.25, 0.3) is 5.91 Å². The summed E-state index contributed by atoms with van der Waals surface area (Å²) in [6.45, 7) is 3.82. The predicted octanol–water partition coefficient (Wildman–Crippen LogP) is 1.27. The molecule has 0 unspecified atom stereocenters. The molecule has 0 N–H and O–H groups in total. The second-order valence-corrected chi connectivity index (χ2v) is 5.14. The van der Waals surface area contributed by atoms with E-state index >= 15 is 0 Å². The quantitative estimate of drug-likeness (QED) is 0.790. The van der Waals surface area contributed by atoms with Gasteiger partial charge in [0.1, 0.15) is 6.54 Å². The van der Waals surface area contributed by atoms with Crippen molar-refractivity contribution in [3.8, 4) is 0 Å². The van der Waals surface area contributed by atoms with Crippen LogP contribution in [0.4, 0.5) is 0 Å². The van der Waals surface area contributed by atoms with Gasteiger partial charge in [0.05, 0.1) is 6.42 Å². The van der Waals surface area contributed by atoms with E-state index in [1.807, 2.05) is 0 Å². The Morgan fingerprint density at radius 3 is 2.48 bits per heavy atom. The maximum Gasteiger partial charge on any atom is 0.252 e. The molecule has 5 nitrogen and oxygen atoms in total. The molecule has 1 aliphatic heterocycles. The van der Waals surface area contributed by atoms with Gasteiger partial charge >= 0.3 is 0 Å². The van der Waals surface area contributed by atoms with Gasteiger partial charge in [-0.05, 0) is 23.8 Å². The highest BCUT2D eigenvalue weighted by Gasteiger charge is 2.29. The summed E-state index contributed by atoms with van der Waals surface area (Å²) in [6.07, 6.45) is 1.31. The molecule has 1 aromatic rings. The van der Waals surface area contributed by atoms with Crippen LogP contribution < -0.4 is 0 Å². The van der Waals surface area contributed by atoms with Crippen LogP contribution in [0.5, 0.6) is 0 Å². The first-order valence-electron chi connectivity index (χ1n) is 6.50. The van der Waals surface area contributed by atoms with Crippen LogP contribution in [0.2, 0.25) is 5.02 Å². The highest BCUT2D eigenvalue weighted by molar-refractivity contribution is 6.30. The van der Waals surface area contributed by atoms with E-state index in [4.69, 9.17) is 11.6 Å². The van der Waals surface area contributed by atoms with Gasteiger partial charge in [0, 0.05) is 18.1 Å². The van der Waals surface area contributed by atoms with Crippen molar-refractivity contribution in [3.05, 3.63) is 47.5 Å². The van der Waals surface area contributed by atoms with Crippen LogP contribution in [-0.2, 0) is 20.8 Å². The summed E-state index contributed by atoms with van der Waals surface area (Å²) < 4.78 is 0. The number of nitrogens with zero attached hydrogens (tertiary/aromatic N) is 2. The minimum Gasteiger partial charge on any atom is -0.331 e. The molecule has 0 atom stereocenters. The molecule has 1 aromatic carbocycles. The van der Waals surface area contributed by atoms with E-state index in [1.165, 1.54) is 4.90 Å². The Bertz CT molecular complexity index is 583. The minimum absolute atomic E-state index is 0.0774. The van der Waals surface area contributed by atoms with E-state index in [2.05, 4.69) is 6.58 Å². The molecular weight excluding hydrogens is 292 g/mol. The third-order valence-electron chi connectivity index (χ3n) is 3.28. The lowest BCUT2D eigenvalue weighted by atomic mass is 10.1. The lowest BCUT2D eigenvalue weighted by molar-refractivity contribution is -0.151. The van der Waals surface area contributed by atoms with Gasteiger partial charge in [0.15, 0.2) is 0 Å². The van der Waals surface area contributed by atoms with Gasteiger partial charge in [-0.2, -0.15) is 0 Å². The van der Waals surface area contributed by atoms with E-state index in [0.717, 1.165) is 16.5 Å². The number of rotatable bonds is 3. The van der Waals surface area contributed by atoms with Crippen molar-refractivity contribution >= 4 is 29.3 Å². The van der Waals surface area contributed by atoms with E-state index in [0.29, 0.717) is 11.6 Å². The molecule has 1 saturated heterocycles. The first-order valence-corrected chi connectivity index (χ1v) is 6.88. The molecule has 1 aliphatic rings. The fourth-order valence-corrected chi connectivity index (χ4v) is 2.24. The predicted molar refractivity (Wildman–Crippen MR) is 78.7 cm³/mol. The molecule has 0 bridgehead atoms. The number of carbonyl (C=O) groups is 3. The fourth-order valence-electron chi connectivity index (χ4n) is 2.12. The van der Waals surface area contributed by atoms with Crippen LogP contribution in [0.3, 0.4) is 0 Å². The van der Waals surface area contributed by atoms with Gasteiger partial charge in [-0.15, -0.1) is 0 Å². The van der Waals surface area contributed by atoms with Gasteiger partial charge < -0.3 is 4.90 Å². The Hall–Kier alpha value is -2.14. The van der Waals surface area contributed by atoms with Crippen molar-refractivity contribution < 1.29 is 14.4 Å². The summed E-state index contributed by atoms with van der Waals surface area (Å²) >= 11 is 5.79. The average Bonchev–Trinajstić information content (AvgIpc) is 2.48.